The standard InChI is InChI=1S/C18H23N5OS/c1-3-10-23-17(24)15-12-7-5-6-8-13(12)25-16(15)20-18(23)19-14-9-11-22(4-2)21-14/h9,11H,3-8,10H2,1-2H3,(H,19,20,21). The first-order chi connectivity index (χ1) is 12.2. The summed E-state index contributed by atoms with van der Waals surface area (Å²) in [6.07, 6.45) is 7.27. The van der Waals surface area contributed by atoms with Gasteiger partial charge in [0, 0.05) is 30.2 Å². The molecule has 1 aliphatic carbocycles. The van der Waals surface area contributed by atoms with Crippen LogP contribution in [0.4, 0.5) is 11.8 Å². The van der Waals surface area contributed by atoms with Gasteiger partial charge in [0.25, 0.3) is 5.56 Å². The highest BCUT2D eigenvalue weighted by atomic mass is 32.1. The fourth-order valence-corrected chi connectivity index (χ4v) is 4.74. The first-order valence-electron chi connectivity index (χ1n) is 9.06. The average Bonchev–Trinajstić information content (AvgIpc) is 3.22. The van der Waals surface area contributed by atoms with Crippen LogP contribution >= 0.6 is 11.3 Å². The number of aromatic nitrogens is 4. The monoisotopic (exact) mass is 357 g/mol. The van der Waals surface area contributed by atoms with E-state index in [4.69, 9.17) is 4.98 Å². The van der Waals surface area contributed by atoms with Crippen LogP contribution in [0.3, 0.4) is 0 Å². The Bertz CT molecular complexity index is 968. The van der Waals surface area contributed by atoms with Crippen LogP contribution in [0.25, 0.3) is 10.2 Å². The van der Waals surface area contributed by atoms with Gasteiger partial charge in [0.05, 0.1) is 5.39 Å². The Morgan fingerprint density at radius 2 is 2.12 bits per heavy atom. The molecule has 132 valence electrons. The van der Waals surface area contributed by atoms with Gasteiger partial charge in [0.2, 0.25) is 5.95 Å². The molecule has 1 N–H and O–H groups in total. The first-order valence-corrected chi connectivity index (χ1v) is 9.88. The first kappa shape index (κ1) is 16.3. The molecule has 0 radical (unpaired) electrons. The summed E-state index contributed by atoms with van der Waals surface area (Å²) in [7, 11) is 0. The number of anilines is 2. The molecule has 4 rings (SSSR count). The zero-order chi connectivity index (χ0) is 17.4. The van der Waals surface area contributed by atoms with Gasteiger partial charge < -0.3 is 5.32 Å². The Balaban J connectivity index is 1.84. The number of rotatable bonds is 5. The Morgan fingerprint density at radius 1 is 1.28 bits per heavy atom. The van der Waals surface area contributed by atoms with E-state index in [1.165, 1.54) is 23.3 Å². The molecule has 0 aromatic carbocycles. The second kappa shape index (κ2) is 6.63. The minimum absolute atomic E-state index is 0.0867. The van der Waals surface area contributed by atoms with E-state index in [1.54, 1.807) is 15.9 Å². The fraction of sp³-hybridized carbons (Fsp3) is 0.500. The molecule has 25 heavy (non-hydrogen) atoms. The smallest absolute Gasteiger partial charge is 0.263 e. The van der Waals surface area contributed by atoms with E-state index < -0.39 is 0 Å². The van der Waals surface area contributed by atoms with Crippen molar-refractivity contribution >= 4 is 33.3 Å². The highest BCUT2D eigenvalue weighted by Crippen LogP contribution is 2.34. The lowest BCUT2D eigenvalue weighted by Crippen LogP contribution is -2.24. The largest absolute Gasteiger partial charge is 0.309 e. The van der Waals surface area contributed by atoms with Gasteiger partial charge in [-0.1, -0.05) is 6.92 Å². The molecule has 0 saturated heterocycles. The van der Waals surface area contributed by atoms with Crippen molar-refractivity contribution in [1.29, 1.82) is 0 Å². The summed E-state index contributed by atoms with van der Waals surface area (Å²) in [5.74, 6) is 1.32. The molecule has 0 saturated carbocycles. The normalized spacial score (nSPS) is 14.0. The molecule has 0 atom stereocenters. The Hall–Kier alpha value is -2.15. The maximum absolute atomic E-state index is 13.2. The molecule has 0 aliphatic heterocycles. The molecule has 0 spiro atoms. The minimum Gasteiger partial charge on any atom is -0.309 e. The van der Waals surface area contributed by atoms with Gasteiger partial charge in [-0.3, -0.25) is 14.0 Å². The number of fused-ring (bicyclic) bond motifs is 3. The van der Waals surface area contributed by atoms with Crippen LogP contribution < -0.4 is 10.9 Å². The lowest BCUT2D eigenvalue weighted by Gasteiger charge is -2.13. The summed E-state index contributed by atoms with van der Waals surface area (Å²) in [6, 6.07) is 1.91. The quantitative estimate of drug-likeness (QED) is 0.756. The molecule has 7 heteroatoms. The topological polar surface area (TPSA) is 64.7 Å². The second-order valence-electron chi connectivity index (χ2n) is 6.46. The van der Waals surface area contributed by atoms with Crippen molar-refractivity contribution in [2.45, 2.75) is 59.0 Å². The van der Waals surface area contributed by atoms with Gasteiger partial charge in [-0.15, -0.1) is 11.3 Å². The molecule has 3 heterocycles. The molecule has 0 bridgehead atoms. The number of hydrogen-bond acceptors (Lipinski definition) is 5. The van der Waals surface area contributed by atoms with Crippen molar-refractivity contribution in [1.82, 2.24) is 19.3 Å². The van der Waals surface area contributed by atoms with E-state index in [0.29, 0.717) is 12.5 Å². The molecule has 0 fully saturated rings. The molecule has 3 aromatic heterocycles. The molecule has 3 aromatic rings. The van der Waals surface area contributed by atoms with Crippen LogP contribution in [-0.2, 0) is 25.9 Å². The van der Waals surface area contributed by atoms with E-state index in [-0.39, 0.29) is 5.56 Å². The maximum atomic E-state index is 13.2. The van der Waals surface area contributed by atoms with E-state index in [9.17, 15) is 4.79 Å². The molecule has 1 aliphatic rings. The summed E-state index contributed by atoms with van der Waals surface area (Å²) < 4.78 is 3.63. The van der Waals surface area contributed by atoms with Crippen LogP contribution in [-0.4, -0.2) is 19.3 Å². The predicted molar refractivity (Wildman–Crippen MR) is 102 cm³/mol. The van der Waals surface area contributed by atoms with Crippen molar-refractivity contribution < 1.29 is 0 Å². The van der Waals surface area contributed by atoms with Gasteiger partial charge >= 0.3 is 0 Å². The lowest BCUT2D eigenvalue weighted by atomic mass is 9.97. The minimum atomic E-state index is 0.0867. The van der Waals surface area contributed by atoms with Gasteiger partial charge in [0.15, 0.2) is 5.82 Å². The number of aryl methyl sites for hydroxylation is 3. The van der Waals surface area contributed by atoms with Crippen LogP contribution in [0.2, 0.25) is 0 Å². The number of thiophene rings is 1. The van der Waals surface area contributed by atoms with Gasteiger partial charge in [-0.05, 0) is 44.6 Å². The molecule has 6 nitrogen and oxygen atoms in total. The van der Waals surface area contributed by atoms with Crippen LogP contribution in [0.5, 0.6) is 0 Å². The Kier molecular flexibility index (Phi) is 4.33. The highest BCUT2D eigenvalue weighted by molar-refractivity contribution is 7.18. The predicted octanol–water partition coefficient (Wildman–Crippen LogP) is 3.71. The summed E-state index contributed by atoms with van der Waals surface area (Å²) in [4.78, 5) is 20.2. The summed E-state index contributed by atoms with van der Waals surface area (Å²) >= 11 is 1.69. The summed E-state index contributed by atoms with van der Waals surface area (Å²) in [5, 5.41) is 8.55. The fourth-order valence-electron chi connectivity index (χ4n) is 3.48. The maximum Gasteiger partial charge on any atom is 0.263 e. The van der Waals surface area contributed by atoms with Crippen LogP contribution in [0, 0.1) is 0 Å². The second-order valence-corrected chi connectivity index (χ2v) is 7.55. The third kappa shape index (κ3) is 2.86. The van der Waals surface area contributed by atoms with Gasteiger partial charge in [-0.25, -0.2) is 4.98 Å². The van der Waals surface area contributed by atoms with Crippen molar-refractivity contribution in [3.8, 4) is 0 Å². The lowest BCUT2D eigenvalue weighted by molar-refractivity contribution is 0.650. The number of nitrogens with one attached hydrogen (secondary N) is 1. The number of hydrogen-bond donors (Lipinski definition) is 1. The van der Waals surface area contributed by atoms with E-state index >= 15 is 0 Å². The van der Waals surface area contributed by atoms with Crippen LogP contribution in [0.15, 0.2) is 17.1 Å². The Morgan fingerprint density at radius 3 is 2.88 bits per heavy atom. The highest BCUT2D eigenvalue weighted by Gasteiger charge is 2.22. The van der Waals surface area contributed by atoms with Gasteiger partial charge in [0.1, 0.15) is 4.83 Å². The zero-order valence-electron chi connectivity index (χ0n) is 14.7. The van der Waals surface area contributed by atoms with E-state index in [2.05, 4.69) is 17.3 Å². The molecule has 0 amide bonds. The van der Waals surface area contributed by atoms with E-state index in [1.807, 2.05) is 23.9 Å². The summed E-state index contributed by atoms with van der Waals surface area (Å²) in [6.45, 7) is 5.59. The van der Waals surface area contributed by atoms with Crippen molar-refractivity contribution in [3.63, 3.8) is 0 Å². The van der Waals surface area contributed by atoms with Crippen molar-refractivity contribution in [3.05, 3.63) is 33.1 Å². The SMILES string of the molecule is CCCn1c(Nc2ccn(CC)n2)nc2sc3c(c2c1=O)CCCC3. The summed E-state index contributed by atoms with van der Waals surface area (Å²) in [5.41, 5.74) is 1.33. The van der Waals surface area contributed by atoms with E-state index in [0.717, 1.165) is 41.8 Å². The third-order valence-corrected chi connectivity index (χ3v) is 5.91. The van der Waals surface area contributed by atoms with Crippen molar-refractivity contribution in [2.75, 3.05) is 5.32 Å². The third-order valence-electron chi connectivity index (χ3n) is 4.73. The average molecular weight is 357 g/mol. The van der Waals surface area contributed by atoms with Crippen molar-refractivity contribution in [2.24, 2.45) is 0 Å². The molecule has 0 unspecified atom stereocenters. The molecular weight excluding hydrogens is 334 g/mol. The van der Waals surface area contributed by atoms with Gasteiger partial charge in [-0.2, -0.15) is 5.10 Å². The number of nitrogens with zero attached hydrogens (tertiary/aromatic N) is 4. The van der Waals surface area contributed by atoms with Crippen LogP contribution in [0.1, 0.15) is 43.6 Å². The zero-order valence-corrected chi connectivity index (χ0v) is 15.5. The Labute approximate surface area is 150 Å². The molecular formula is C18H23N5OS.